The number of hydrogen-bond acceptors (Lipinski definition) is 4. The largest absolute Gasteiger partial charge is 0.321 e. The van der Waals surface area contributed by atoms with Gasteiger partial charge in [-0.05, 0) is 24.3 Å². The third-order valence-electron chi connectivity index (χ3n) is 2.84. The Morgan fingerprint density at radius 2 is 2.47 bits per heavy atom. The van der Waals surface area contributed by atoms with Crippen LogP contribution in [-0.2, 0) is 6.54 Å². The van der Waals surface area contributed by atoms with Crippen molar-refractivity contribution < 1.29 is 0 Å². The molecule has 0 bridgehead atoms. The Morgan fingerprint density at radius 3 is 3.33 bits per heavy atom. The predicted molar refractivity (Wildman–Crippen MR) is 60.0 cm³/mol. The molecule has 4 nitrogen and oxygen atoms in total. The van der Waals surface area contributed by atoms with Crippen molar-refractivity contribution in [3.8, 4) is 0 Å². The van der Waals surface area contributed by atoms with Crippen LogP contribution in [0.5, 0.6) is 0 Å². The summed E-state index contributed by atoms with van der Waals surface area (Å²) in [7, 11) is 0. The van der Waals surface area contributed by atoms with Crippen LogP contribution in [0.25, 0.3) is 10.2 Å². The lowest BCUT2D eigenvalue weighted by Gasteiger charge is -2.22. The predicted octanol–water partition coefficient (Wildman–Crippen LogP) is 1.25. The van der Waals surface area contributed by atoms with Crippen molar-refractivity contribution in [2.45, 2.75) is 25.4 Å². The Labute approximate surface area is 90.4 Å². The van der Waals surface area contributed by atoms with E-state index in [-0.39, 0.29) is 11.6 Å². The molecule has 0 radical (unpaired) electrons. The highest BCUT2D eigenvalue weighted by molar-refractivity contribution is 7.16. The first kappa shape index (κ1) is 9.06. The Balaban J connectivity index is 2.41. The Morgan fingerprint density at radius 1 is 1.60 bits per heavy atom. The first-order chi connectivity index (χ1) is 7.27. The number of fused-ring (bicyclic) bond motifs is 2. The molecule has 2 N–H and O–H groups in total. The van der Waals surface area contributed by atoms with Gasteiger partial charge in [-0.25, -0.2) is 4.98 Å². The molecule has 3 rings (SSSR count). The van der Waals surface area contributed by atoms with Crippen molar-refractivity contribution in [2.75, 3.05) is 0 Å². The van der Waals surface area contributed by atoms with Crippen molar-refractivity contribution >= 4 is 21.6 Å². The zero-order chi connectivity index (χ0) is 10.4. The number of rotatable bonds is 0. The van der Waals surface area contributed by atoms with Gasteiger partial charge in [0.1, 0.15) is 10.7 Å². The first-order valence-corrected chi connectivity index (χ1v) is 5.89. The molecule has 1 aliphatic heterocycles. The van der Waals surface area contributed by atoms with Gasteiger partial charge in [-0.15, -0.1) is 11.3 Å². The minimum absolute atomic E-state index is 0.0615. The second kappa shape index (κ2) is 3.15. The molecule has 0 saturated heterocycles. The monoisotopic (exact) mass is 221 g/mol. The first-order valence-electron chi connectivity index (χ1n) is 5.01. The quantitative estimate of drug-likeness (QED) is 0.728. The molecular weight excluding hydrogens is 210 g/mol. The van der Waals surface area contributed by atoms with E-state index < -0.39 is 0 Å². The third-order valence-corrected chi connectivity index (χ3v) is 3.65. The van der Waals surface area contributed by atoms with E-state index in [1.54, 1.807) is 4.57 Å². The lowest BCUT2D eigenvalue weighted by molar-refractivity contribution is 0.436. The standard InChI is InChI=1S/C10H11N3OS/c11-7-2-1-4-13-8(7)12-9-6(10(13)14)3-5-15-9/h3,5,7H,1-2,4,11H2. The average Bonchev–Trinajstić information content (AvgIpc) is 2.68. The van der Waals surface area contributed by atoms with Gasteiger partial charge >= 0.3 is 0 Å². The summed E-state index contributed by atoms with van der Waals surface area (Å²) in [5.41, 5.74) is 6.02. The Kier molecular flexibility index (Phi) is 1.90. The van der Waals surface area contributed by atoms with Crippen LogP contribution in [0.1, 0.15) is 24.7 Å². The molecule has 0 aromatic carbocycles. The number of hydrogen-bond donors (Lipinski definition) is 1. The van der Waals surface area contributed by atoms with Crippen molar-refractivity contribution in [2.24, 2.45) is 5.73 Å². The minimum atomic E-state index is -0.0852. The van der Waals surface area contributed by atoms with E-state index in [2.05, 4.69) is 4.98 Å². The van der Waals surface area contributed by atoms with Gasteiger partial charge in [-0.3, -0.25) is 9.36 Å². The topological polar surface area (TPSA) is 60.9 Å². The van der Waals surface area contributed by atoms with Crippen molar-refractivity contribution in [3.05, 3.63) is 27.6 Å². The molecule has 0 aliphatic carbocycles. The van der Waals surface area contributed by atoms with Crippen LogP contribution in [-0.4, -0.2) is 9.55 Å². The van der Waals surface area contributed by atoms with Crippen LogP contribution < -0.4 is 11.3 Å². The van der Waals surface area contributed by atoms with E-state index in [0.29, 0.717) is 0 Å². The number of thiophene rings is 1. The fourth-order valence-corrected chi connectivity index (χ4v) is 2.82. The fourth-order valence-electron chi connectivity index (χ4n) is 2.06. The fraction of sp³-hybridized carbons (Fsp3) is 0.400. The molecule has 15 heavy (non-hydrogen) atoms. The van der Waals surface area contributed by atoms with Crippen LogP contribution in [0.15, 0.2) is 16.2 Å². The van der Waals surface area contributed by atoms with E-state index in [9.17, 15) is 4.79 Å². The van der Waals surface area contributed by atoms with Crippen LogP contribution in [0, 0.1) is 0 Å². The highest BCUT2D eigenvalue weighted by Gasteiger charge is 2.20. The Hall–Kier alpha value is -1.20. The van der Waals surface area contributed by atoms with Gasteiger partial charge in [0, 0.05) is 6.54 Å². The van der Waals surface area contributed by atoms with Crippen molar-refractivity contribution in [3.63, 3.8) is 0 Å². The van der Waals surface area contributed by atoms with Gasteiger partial charge in [0.15, 0.2) is 0 Å². The molecule has 1 unspecified atom stereocenters. The van der Waals surface area contributed by atoms with Crippen LogP contribution >= 0.6 is 11.3 Å². The second-order valence-corrected chi connectivity index (χ2v) is 4.71. The number of nitrogens with two attached hydrogens (primary N) is 1. The molecule has 0 fully saturated rings. The molecule has 3 heterocycles. The zero-order valence-corrected chi connectivity index (χ0v) is 8.96. The lowest BCUT2D eigenvalue weighted by atomic mass is 10.1. The van der Waals surface area contributed by atoms with Gasteiger partial charge in [0.2, 0.25) is 0 Å². The molecule has 2 aromatic rings. The third kappa shape index (κ3) is 1.23. The SMILES string of the molecule is NC1CCCn2c1nc1sccc1c2=O. The maximum Gasteiger partial charge on any atom is 0.262 e. The maximum atomic E-state index is 12.1. The number of aromatic nitrogens is 2. The summed E-state index contributed by atoms with van der Waals surface area (Å²) < 4.78 is 1.73. The van der Waals surface area contributed by atoms with Crippen molar-refractivity contribution in [1.29, 1.82) is 0 Å². The molecule has 2 aromatic heterocycles. The van der Waals surface area contributed by atoms with E-state index in [4.69, 9.17) is 5.73 Å². The molecule has 78 valence electrons. The average molecular weight is 221 g/mol. The number of nitrogens with zero attached hydrogens (tertiary/aromatic N) is 2. The molecule has 0 amide bonds. The van der Waals surface area contributed by atoms with E-state index in [0.717, 1.165) is 35.4 Å². The van der Waals surface area contributed by atoms with Crippen LogP contribution in [0.2, 0.25) is 0 Å². The molecular formula is C10H11N3OS. The molecule has 5 heteroatoms. The lowest BCUT2D eigenvalue weighted by Crippen LogP contribution is -2.32. The maximum absolute atomic E-state index is 12.1. The highest BCUT2D eigenvalue weighted by atomic mass is 32.1. The minimum Gasteiger partial charge on any atom is -0.321 e. The molecule has 0 saturated carbocycles. The van der Waals surface area contributed by atoms with Gasteiger partial charge in [-0.2, -0.15) is 0 Å². The summed E-state index contributed by atoms with van der Waals surface area (Å²) in [5.74, 6) is 0.751. The van der Waals surface area contributed by atoms with Crippen LogP contribution in [0.3, 0.4) is 0 Å². The van der Waals surface area contributed by atoms with Gasteiger partial charge in [0.05, 0.1) is 11.4 Å². The summed E-state index contributed by atoms with van der Waals surface area (Å²) in [6.07, 6.45) is 1.88. The summed E-state index contributed by atoms with van der Waals surface area (Å²) >= 11 is 1.50. The zero-order valence-electron chi connectivity index (χ0n) is 8.14. The smallest absolute Gasteiger partial charge is 0.262 e. The highest BCUT2D eigenvalue weighted by Crippen LogP contribution is 2.23. The Bertz CT molecular complexity index is 572. The molecule has 0 spiro atoms. The van der Waals surface area contributed by atoms with Crippen molar-refractivity contribution in [1.82, 2.24) is 9.55 Å². The van der Waals surface area contributed by atoms with E-state index in [1.807, 2.05) is 11.4 Å². The van der Waals surface area contributed by atoms with E-state index in [1.165, 1.54) is 11.3 Å². The van der Waals surface area contributed by atoms with E-state index >= 15 is 0 Å². The second-order valence-electron chi connectivity index (χ2n) is 3.81. The van der Waals surface area contributed by atoms with Gasteiger partial charge < -0.3 is 5.73 Å². The molecule has 1 aliphatic rings. The summed E-state index contributed by atoms with van der Waals surface area (Å²) in [6.45, 7) is 0.751. The normalized spacial score (nSPS) is 20.5. The summed E-state index contributed by atoms with van der Waals surface area (Å²) in [4.78, 5) is 17.3. The summed E-state index contributed by atoms with van der Waals surface area (Å²) in [6, 6.07) is 1.75. The van der Waals surface area contributed by atoms with Gasteiger partial charge in [0.25, 0.3) is 5.56 Å². The summed E-state index contributed by atoms with van der Waals surface area (Å²) in [5, 5.41) is 2.62. The molecule has 1 atom stereocenters. The van der Waals surface area contributed by atoms with Crippen LogP contribution in [0.4, 0.5) is 0 Å². The van der Waals surface area contributed by atoms with Gasteiger partial charge in [-0.1, -0.05) is 0 Å².